The van der Waals surface area contributed by atoms with E-state index in [9.17, 15) is 0 Å². The average molecular weight is 331 g/mol. The van der Waals surface area contributed by atoms with Crippen LogP contribution in [0, 0.1) is 0 Å². The van der Waals surface area contributed by atoms with Crippen LogP contribution in [0.4, 0.5) is 0 Å². The molecule has 0 amide bonds. The van der Waals surface area contributed by atoms with Crippen molar-refractivity contribution < 1.29 is 0 Å². The molecule has 0 spiro atoms. The largest absolute Gasteiger partial charge is 0.310 e. The number of hydrogen-bond acceptors (Lipinski definition) is 5. The van der Waals surface area contributed by atoms with Crippen molar-refractivity contribution in [2.24, 2.45) is 0 Å². The first-order chi connectivity index (χ1) is 10.8. The molecule has 0 saturated carbocycles. The Labute approximate surface area is 138 Å². The molecule has 6 heteroatoms. The summed E-state index contributed by atoms with van der Waals surface area (Å²) in [6, 6.07) is 9.81. The van der Waals surface area contributed by atoms with Crippen molar-refractivity contribution in [3.8, 4) is 10.4 Å². The van der Waals surface area contributed by atoms with E-state index >= 15 is 0 Å². The Morgan fingerprint density at radius 3 is 2.77 bits per heavy atom. The van der Waals surface area contributed by atoms with Crippen molar-refractivity contribution in [1.82, 2.24) is 20.3 Å². The minimum Gasteiger partial charge on any atom is -0.310 e. The van der Waals surface area contributed by atoms with Gasteiger partial charge in [-0.2, -0.15) is 0 Å². The van der Waals surface area contributed by atoms with Crippen molar-refractivity contribution in [1.29, 1.82) is 0 Å². The van der Waals surface area contributed by atoms with Gasteiger partial charge in [-0.05, 0) is 24.3 Å². The topological polar surface area (TPSA) is 50.7 Å². The standard InChI is InChI=1S/C16H15ClN4S/c17-16-13(5-3-8-20-16)14-10-21-15(22-14)11-18-9-6-12-4-1-2-7-19-12/h1-5,7-8,10,18H,6,9,11H2. The molecule has 0 aliphatic heterocycles. The van der Waals surface area contributed by atoms with Gasteiger partial charge in [0.15, 0.2) is 0 Å². The van der Waals surface area contributed by atoms with Gasteiger partial charge in [-0.3, -0.25) is 4.98 Å². The summed E-state index contributed by atoms with van der Waals surface area (Å²) in [5.74, 6) is 0. The number of pyridine rings is 2. The number of nitrogens with one attached hydrogen (secondary N) is 1. The van der Waals surface area contributed by atoms with Crippen LogP contribution in [-0.4, -0.2) is 21.5 Å². The number of thiazole rings is 1. The Morgan fingerprint density at radius 2 is 1.95 bits per heavy atom. The predicted octanol–water partition coefficient (Wildman–Crippen LogP) is 3.59. The maximum absolute atomic E-state index is 6.11. The average Bonchev–Trinajstić information content (AvgIpc) is 3.02. The number of aromatic nitrogens is 3. The van der Waals surface area contributed by atoms with E-state index in [0.717, 1.165) is 40.7 Å². The minimum atomic E-state index is 0.515. The van der Waals surface area contributed by atoms with E-state index in [2.05, 4.69) is 20.3 Å². The van der Waals surface area contributed by atoms with E-state index in [1.165, 1.54) is 0 Å². The number of rotatable bonds is 6. The molecule has 0 saturated heterocycles. The summed E-state index contributed by atoms with van der Waals surface area (Å²) in [7, 11) is 0. The first-order valence-electron chi connectivity index (χ1n) is 6.99. The Bertz CT molecular complexity index is 730. The zero-order valence-electron chi connectivity index (χ0n) is 11.9. The lowest BCUT2D eigenvalue weighted by Gasteiger charge is -2.02. The lowest BCUT2D eigenvalue weighted by molar-refractivity contribution is 0.677. The summed E-state index contributed by atoms with van der Waals surface area (Å²) in [4.78, 5) is 13.9. The Morgan fingerprint density at radius 1 is 1.05 bits per heavy atom. The molecule has 4 nitrogen and oxygen atoms in total. The molecule has 3 aromatic heterocycles. The SMILES string of the molecule is Clc1ncccc1-c1cnc(CNCCc2ccccn2)s1. The van der Waals surface area contributed by atoms with Gasteiger partial charge >= 0.3 is 0 Å². The smallest absolute Gasteiger partial charge is 0.137 e. The van der Waals surface area contributed by atoms with Crippen molar-refractivity contribution in [3.05, 3.63) is 64.8 Å². The van der Waals surface area contributed by atoms with Gasteiger partial charge < -0.3 is 5.32 Å². The predicted molar refractivity (Wildman–Crippen MR) is 90.0 cm³/mol. The molecule has 0 radical (unpaired) electrons. The quantitative estimate of drug-likeness (QED) is 0.554. The second-order valence-corrected chi connectivity index (χ2v) is 6.18. The Balaban J connectivity index is 1.53. The highest BCUT2D eigenvalue weighted by molar-refractivity contribution is 7.15. The first kappa shape index (κ1) is 15.1. The van der Waals surface area contributed by atoms with E-state index in [-0.39, 0.29) is 0 Å². The summed E-state index contributed by atoms with van der Waals surface area (Å²) in [6.45, 7) is 1.62. The van der Waals surface area contributed by atoms with Crippen LogP contribution >= 0.6 is 22.9 Å². The van der Waals surface area contributed by atoms with Crippen LogP contribution in [0.1, 0.15) is 10.7 Å². The normalized spacial score (nSPS) is 10.8. The number of hydrogen-bond donors (Lipinski definition) is 1. The van der Waals surface area contributed by atoms with Crippen LogP contribution in [0.2, 0.25) is 5.15 Å². The fraction of sp³-hybridized carbons (Fsp3) is 0.188. The zero-order valence-corrected chi connectivity index (χ0v) is 13.4. The number of nitrogens with zero attached hydrogens (tertiary/aromatic N) is 3. The molecule has 3 aromatic rings. The van der Waals surface area contributed by atoms with Crippen molar-refractivity contribution in [2.75, 3.05) is 6.54 Å². The lowest BCUT2D eigenvalue weighted by Crippen LogP contribution is -2.16. The van der Waals surface area contributed by atoms with Gasteiger partial charge in [0.25, 0.3) is 0 Å². The first-order valence-corrected chi connectivity index (χ1v) is 8.18. The van der Waals surface area contributed by atoms with Crippen molar-refractivity contribution in [3.63, 3.8) is 0 Å². The molecule has 22 heavy (non-hydrogen) atoms. The fourth-order valence-electron chi connectivity index (χ4n) is 2.04. The van der Waals surface area contributed by atoms with Gasteiger partial charge in [-0.1, -0.05) is 17.7 Å². The minimum absolute atomic E-state index is 0.515. The van der Waals surface area contributed by atoms with Crippen LogP contribution < -0.4 is 5.32 Å². The van der Waals surface area contributed by atoms with E-state index < -0.39 is 0 Å². The van der Waals surface area contributed by atoms with Gasteiger partial charge in [0.1, 0.15) is 10.2 Å². The van der Waals surface area contributed by atoms with Crippen LogP contribution in [0.5, 0.6) is 0 Å². The maximum atomic E-state index is 6.11. The highest BCUT2D eigenvalue weighted by Gasteiger charge is 2.08. The van der Waals surface area contributed by atoms with Gasteiger partial charge in [0.05, 0.1) is 4.88 Å². The van der Waals surface area contributed by atoms with Gasteiger partial charge in [-0.15, -0.1) is 11.3 Å². The molecule has 0 aromatic carbocycles. The Hall–Kier alpha value is -1.82. The number of halogens is 1. The second kappa shape index (κ2) is 7.45. The Kier molecular flexibility index (Phi) is 5.11. The molecular formula is C16H15ClN4S. The van der Waals surface area contributed by atoms with E-state index in [4.69, 9.17) is 11.6 Å². The highest BCUT2D eigenvalue weighted by Crippen LogP contribution is 2.30. The van der Waals surface area contributed by atoms with E-state index in [0.29, 0.717) is 5.15 Å². The van der Waals surface area contributed by atoms with Crippen LogP contribution in [-0.2, 0) is 13.0 Å². The lowest BCUT2D eigenvalue weighted by atomic mass is 10.2. The van der Waals surface area contributed by atoms with Crippen molar-refractivity contribution >= 4 is 22.9 Å². The molecule has 0 atom stereocenters. The maximum Gasteiger partial charge on any atom is 0.137 e. The van der Waals surface area contributed by atoms with Crippen LogP contribution in [0.15, 0.2) is 48.9 Å². The molecule has 3 rings (SSSR count). The molecule has 0 fully saturated rings. The summed E-state index contributed by atoms with van der Waals surface area (Å²) >= 11 is 7.74. The van der Waals surface area contributed by atoms with Gasteiger partial charge in [-0.25, -0.2) is 9.97 Å². The van der Waals surface area contributed by atoms with Crippen LogP contribution in [0.25, 0.3) is 10.4 Å². The summed E-state index contributed by atoms with van der Waals surface area (Å²) in [5.41, 5.74) is 2.03. The molecule has 1 N–H and O–H groups in total. The molecule has 3 heterocycles. The van der Waals surface area contributed by atoms with Gasteiger partial charge in [0, 0.05) is 49.4 Å². The third kappa shape index (κ3) is 3.88. The van der Waals surface area contributed by atoms with Gasteiger partial charge in [0.2, 0.25) is 0 Å². The summed E-state index contributed by atoms with van der Waals surface area (Å²) in [5, 5.41) is 4.94. The third-order valence-electron chi connectivity index (χ3n) is 3.14. The zero-order chi connectivity index (χ0) is 15.2. The molecule has 112 valence electrons. The summed E-state index contributed by atoms with van der Waals surface area (Å²) in [6.07, 6.45) is 6.27. The van der Waals surface area contributed by atoms with E-state index in [1.54, 1.807) is 17.5 Å². The molecule has 0 aliphatic carbocycles. The molecule has 0 unspecified atom stereocenters. The highest BCUT2D eigenvalue weighted by atomic mass is 35.5. The fourth-order valence-corrected chi connectivity index (χ4v) is 3.23. The van der Waals surface area contributed by atoms with E-state index in [1.807, 2.05) is 42.7 Å². The molecule has 0 bridgehead atoms. The molecule has 0 aliphatic rings. The van der Waals surface area contributed by atoms with Crippen LogP contribution in [0.3, 0.4) is 0 Å². The summed E-state index contributed by atoms with van der Waals surface area (Å²) < 4.78 is 0. The van der Waals surface area contributed by atoms with Crippen molar-refractivity contribution in [2.45, 2.75) is 13.0 Å². The molecular weight excluding hydrogens is 316 g/mol. The second-order valence-electron chi connectivity index (χ2n) is 4.71. The monoisotopic (exact) mass is 330 g/mol. The third-order valence-corrected chi connectivity index (χ3v) is 4.47.